The summed E-state index contributed by atoms with van der Waals surface area (Å²) >= 11 is 6.14. The standard InChI is InChI=1S/C32H45ClN4O6/c1-22-9-7-10-26(37(22)41)17-24(18-28(38)43-31(2,3)4)29(39)36-16-8-15-32(21-36,19-23-11-13-25(33)14-12-23)35(5)30(40)27(34)20-42-6/h7,9-14,24,27H,8,15-21,34H2,1-6H3/t24-,27+,32-/m1/s1. The SMILES string of the molecule is COC[C@H](N)C(=O)N(C)[C@@]1(Cc2ccc(Cl)cc2)CCCN(C(=O)[C@@H](CC(=O)OC(C)(C)C)Cc2cccc(C)[n+]2[O-])C1. The second-order valence-electron chi connectivity index (χ2n) is 12.5. The number of amides is 2. The van der Waals surface area contributed by atoms with Crippen molar-refractivity contribution in [2.75, 3.05) is 33.9 Å². The summed E-state index contributed by atoms with van der Waals surface area (Å²) < 4.78 is 11.5. The third-order valence-electron chi connectivity index (χ3n) is 7.86. The number of hydrogen-bond donors (Lipinski definition) is 1. The number of hydrogen-bond acceptors (Lipinski definition) is 7. The lowest BCUT2D eigenvalue weighted by atomic mass is 9.80. The zero-order valence-corrected chi connectivity index (χ0v) is 26.9. The number of pyridine rings is 1. The predicted molar refractivity (Wildman–Crippen MR) is 164 cm³/mol. The van der Waals surface area contributed by atoms with Crippen LogP contribution in [0.5, 0.6) is 0 Å². The number of rotatable bonds is 11. The molecule has 2 aromatic rings. The van der Waals surface area contributed by atoms with E-state index in [4.69, 9.17) is 26.8 Å². The first-order valence-corrected chi connectivity index (χ1v) is 15.0. The summed E-state index contributed by atoms with van der Waals surface area (Å²) in [6.07, 6.45) is 1.61. The number of methoxy groups -OCH3 is 1. The Morgan fingerprint density at radius 3 is 2.49 bits per heavy atom. The highest BCUT2D eigenvalue weighted by Gasteiger charge is 2.45. The third kappa shape index (κ3) is 9.14. The molecule has 236 valence electrons. The normalized spacial score (nSPS) is 18.6. The molecule has 0 aliphatic carbocycles. The van der Waals surface area contributed by atoms with Crippen LogP contribution in [0.2, 0.25) is 5.02 Å². The Balaban J connectivity index is 1.97. The fourth-order valence-corrected chi connectivity index (χ4v) is 5.83. The Labute approximate surface area is 259 Å². The fourth-order valence-electron chi connectivity index (χ4n) is 5.71. The van der Waals surface area contributed by atoms with Crippen molar-refractivity contribution in [2.24, 2.45) is 11.7 Å². The summed E-state index contributed by atoms with van der Waals surface area (Å²) in [6, 6.07) is 11.7. The number of aryl methyl sites for hydroxylation is 1. The maximum atomic E-state index is 14.3. The van der Waals surface area contributed by atoms with Gasteiger partial charge in [-0.2, -0.15) is 4.73 Å². The molecule has 1 aliphatic rings. The first-order valence-electron chi connectivity index (χ1n) is 14.6. The Kier molecular flexibility index (Phi) is 11.6. The predicted octanol–water partition coefficient (Wildman–Crippen LogP) is 3.21. The zero-order chi connectivity index (χ0) is 31.9. The number of piperidine rings is 1. The van der Waals surface area contributed by atoms with Gasteiger partial charge in [-0.05, 0) is 63.8 Å². The van der Waals surface area contributed by atoms with Gasteiger partial charge in [0, 0.05) is 57.7 Å². The molecule has 1 aromatic heterocycles. The summed E-state index contributed by atoms with van der Waals surface area (Å²) in [5.41, 5.74) is 6.51. The molecule has 3 rings (SSSR count). The first kappa shape index (κ1) is 34.3. The second kappa shape index (κ2) is 14.5. The van der Waals surface area contributed by atoms with Crippen molar-refractivity contribution < 1.29 is 28.6 Å². The number of nitrogens with two attached hydrogens (primary N) is 1. The number of esters is 1. The molecule has 1 fully saturated rings. The molecule has 43 heavy (non-hydrogen) atoms. The van der Waals surface area contributed by atoms with Crippen molar-refractivity contribution in [3.63, 3.8) is 0 Å². The Morgan fingerprint density at radius 1 is 1.19 bits per heavy atom. The van der Waals surface area contributed by atoms with Gasteiger partial charge in [-0.15, -0.1) is 0 Å². The van der Waals surface area contributed by atoms with E-state index in [1.165, 1.54) is 7.11 Å². The molecule has 1 aromatic carbocycles. The number of nitrogens with zero attached hydrogens (tertiary/aromatic N) is 3. The lowest BCUT2D eigenvalue weighted by molar-refractivity contribution is -0.621. The average molecular weight is 617 g/mol. The first-order chi connectivity index (χ1) is 20.2. The molecule has 0 bridgehead atoms. The largest absolute Gasteiger partial charge is 0.618 e. The van der Waals surface area contributed by atoms with Crippen LogP contribution in [0, 0.1) is 18.0 Å². The maximum Gasteiger partial charge on any atom is 0.307 e. The summed E-state index contributed by atoms with van der Waals surface area (Å²) in [5.74, 6) is -1.91. The van der Waals surface area contributed by atoms with Gasteiger partial charge < -0.3 is 30.2 Å². The minimum absolute atomic E-state index is 0.0620. The van der Waals surface area contributed by atoms with E-state index in [0.717, 1.165) is 10.3 Å². The van der Waals surface area contributed by atoms with Crippen molar-refractivity contribution in [2.45, 2.75) is 77.0 Å². The highest BCUT2D eigenvalue weighted by atomic mass is 35.5. The van der Waals surface area contributed by atoms with Crippen LogP contribution < -0.4 is 10.5 Å². The maximum absolute atomic E-state index is 14.3. The van der Waals surface area contributed by atoms with Gasteiger partial charge in [0.15, 0.2) is 11.4 Å². The van der Waals surface area contributed by atoms with Crippen molar-refractivity contribution in [3.05, 3.63) is 69.6 Å². The molecule has 3 atom stereocenters. The molecular formula is C32H45ClN4O6. The smallest absolute Gasteiger partial charge is 0.307 e. The summed E-state index contributed by atoms with van der Waals surface area (Å²) in [5, 5.41) is 13.4. The monoisotopic (exact) mass is 616 g/mol. The zero-order valence-electron chi connectivity index (χ0n) is 26.1. The van der Waals surface area contributed by atoms with Gasteiger partial charge in [-0.3, -0.25) is 14.4 Å². The van der Waals surface area contributed by atoms with Crippen LogP contribution in [0.4, 0.5) is 0 Å². The van der Waals surface area contributed by atoms with Crippen molar-refractivity contribution in [1.82, 2.24) is 9.80 Å². The van der Waals surface area contributed by atoms with Crippen molar-refractivity contribution in [1.29, 1.82) is 0 Å². The highest BCUT2D eigenvalue weighted by molar-refractivity contribution is 6.30. The molecule has 2 heterocycles. The molecule has 1 aliphatic heterocycles. The van der Waals surface area contributed by atoms with Gasteiger partial charge >= 0.3 is 5.97 Å². The second-order valence-corrected chi connectivity index (χ2v) is 12.9. The lowest BCUT2D eigenvalue weighted by Gasteiger charge is -2.49. The molecule has 10 nitrogen and oxygen atoms in total. The number of likely N-dealkylation sites (tertiary alicyclic amines) is 1. The topological polar surface area (TPSA) is 129 Å². The van der Waals surface area contributed by atoms with E-state index in [9.17, 15) is 19.6 Å². The summed E-state index contributed by atoms with van der Waals surface area (Å²) in [4.78, 5) is 44.1. The van der Waals surface area contributed by atoms with Gasteiger partial charge in [-0.25, -0.2) is 0 Å². The lowest BCUT2D eigenvalue weighted by Crippen LogP contribution is -2.64. The van der Waals surface area contributed by atoms with Crippen LogP contribution in [0.15, 0.2) is 42.5 Å². The molecule has 0 spiro atoms. The van der Waals surface area contributed by atoms with Gasteiger partial charge in [0.05, 0.1) is 24.5 Å². The molecule has 11 heteroatoms. The van der Waals surface area contributed by atoms with Crippen LogP contribution in [0.25, 0.3) is 0 Å². The summed E-state index contributed by atoms with van der Waals surface area (Å²) in [7, 11) is 3.20. The number of likely N-dealkylation sites (N-methyl/N-ethyl adjacent to an activating group) is 1. The highest BCUT2D eigenvalue weighted by Crippen LogP contribution is 2.33. The van der Waals surface area contributed by atoms with Crippen LogP contribution in [-0.4, -0.2) is 78.6 Å². The Morgan fingerprint density at radius 2 is 1.86 bits per heavy atom. The number of carbonyl (C=O) groups is 3. The van der Waals surface area contributed by atoms with E-state index >= 15 is 0 Å². The van der Waals surface area contributed by atoms with E-state index in [1.54, 1.807) is 74.9 Å². The Bertz CT molecular complexity index is 1280. The van der Waals surface area contributed by atoms with Crippen LogP contribution in [0.3, 0.4) is 0 Å². The Hall–Kier alpha value is -3.21. The van der Waals surface area contributed by atoms with Crippen LogP contribution in [0.1, 0.15) is 57.0 Å². The van der Waals surface area contributed by atoms with E-state index in [0.29, 0.717) is 42.2 Å². The minimum atomic E-state index is -0.864. The van der Waals surface area contributed by atoms with Gasteiger partial charge in [-0.1, -0.05) is 23.7 Å². The molecule has 1 saturated heterocycles. The fraction of sp³-hybridized carbons (Fsp3) is 0.562. The average Bonchev–Trinajstić information content (AvgIpc) is 2.94. The van der Waals surface area contributed by atoms with E-state index in [1.807, 2.05) is 12.1 Å². The van der Waals surface area contributed by atoms with Crippen molar-refractivity contribution in [3.8, 4) is 0 Å². The molecule has 0 radical (unpaired) electrons. The molecule has 2 N–H and O–H groups in total. The van der Waals surface area contributed by atoms with Gasteiger partial charge in [0.25, 0.3) is 0 Å². The third-order valence-corrected chi connectivity index (χ3v) is 8.12. The molecular weight excluding hydrogens is 572 g/mol. The van der Waals surface area contributed by atoms with Crippen LogP contribution in [-0.2, 0) is 36.7 Å². The number of carbonyl (C=O) groups excluding carboxylic acids is 3. The molecule has 0 saturated carbocycles. The van der Waals surface area contributed by atoms with Crippen LogP contribution >= 0.6 is 11.6 Å². The van der Waals surface area contributed by atoms with Gasteiger partial charge in [0.2, 0.25) is 11.8 Å². The van der Waals surface area contributed by atoms with Gasteiger partial charge in [0.1, 0.15) is 11.6 Å². The number of halogens is 1. The molecule has 0 unspecified atom stereocenters. The number of aromatic nitrogens is 1. The van der Waals surface area contributed by atoms with Crippen molar-refractivity contribution >= 4 is 29.4 Å². The van der Waals surface area contributed by atoms with E-state index in [-0.39, 0.29) is 37.8 Å². The number of benzene rings is 1. The number of ether oxygens (including phenoxy) is 2. The summed E-state index contributed by atoms with van der Waals surface area (Å²) in [6.45, 7) is 7.74. The quantitative estimate of drug-likeness (QED) is 0.233. The van der Waals surface area contributed by atoms with E-state index < -0.39 is 29.1 Å². The minimum Gasteiger partial charge on any atom is -0.618 e. The molecule has 2 amide bonds. The van der Waals surface area contributed by atoms with E-state index in [2.05, 4.69) is 0 Å².